The first-order valence-electron chi connectivity index (χ1n) is 10.6. The van der Waals surface area contributed by atoms with Crippen LogP contribution in [0.25, 0.3) is 10.9 Å². The van der Waals surface area contributed by atoms with Crippen LogP contribution >= 0.6 is 23.2 Å². The number of H-pyrrole nitrogens is 1. The molecule has 0 saturated carbocycles. The average molecular weight is 495 g/mol. The fourth-order valence-corrected chi connectivity index (χ4v) is 4.36. The summed E-state index contributed by atoms with van der Waals surface area (Å²) in [4.78, 5) is 13.3. The van der Waals surface area contributed by atoms with Crippen LogP contribution in [0.2, 0.25) is 10.4 Å². The van der Waals surface area contributed by atoms with Gasteiger partial charge in [-0.15, -0.1) is 0 Å². The molecule has 2 aromatic heterocycles. The van der Waals surface area contributed by atoms with Crippen molar-refractivity contribution in [2.75, 3.05) is 24.7 Å². The highest BCUT2D eigenvalue weighted by Gasteiger charge is 2.48. The van der Waals surface area contributed by atoms with Crippen molar-refractivity contribution in [3.8, 4) is 0 Å². The highest BCUT2D eigenvalue weighted by Crippen LogP contribution is 2.33. The zero-order valence-electron chi connectivity index (χ0n) is 18.7. The highest BCUT2D eigenvalue weighted by atomic mass is 35.5. The predicted octanol–water partition coefficient (Wildman–Crippen LogP) is 3.22. The molecule has 1 unspecified atom stereocenters. The molecular weight excluding hydrogens is 469 g/mol. The molecule has 7 nitrogen and oxygen atoms in total. The molecule has 1 aliphatic rings. The lowest BCUT2D eigenvalue weighted by molar-refractivity contribution is -0.114. The van der Waals surface area contributed by atoms with Crippen LogP contribution in [0.3, 0.4) is 0 Å². The fraction of sp³-hybridized carbons (Fsp3) is 0.455. The van der Waals surface area contributed by atoms with E-state index in [2.05, 4.69) is 15.0 Å². The molecular formula is C22H26BCl2FN4O3+. The van der Waals surface area contributed by atoms with Gasteiger partial charge in [-0.25, -0.2) is 14.4 Å². The highest BCUT2D eigenvalue weighted by molar-refractivity contribution is 6.51. The van der Waals surface area contributed by atoms with Gasteiger partial charge in [0, 0.05) is 37.7 Å². The number of halogens is 3. The minimum atomic E-state index is -1.03. The predicted molar refractivity (Wildman–Crippen MR) is 129 cm³/mol. The average Bonchev–Trinajstić information content (AvgIpc) is 3.20. The lowest BCUT2D eigenvalue weighted by Gasteiger charge is -2.43. The van der Waals surface area contributed by atoms with Crippen molar-refractivity contribution >= 4 is 52.9 Å². The summed E-state index contributed by atoms with van der Waals surface area (Å²) >= 11 is 12.1. The molecule has 1 fully saturated rings. The first kappa shape index (κ1) is 24.2. The van der Waals surface area contributed by atoms with E-state index in [-0.39, 0.29) is 22.3 Å². The Morgan fingerprint density at radius 1 is 1.30 bits per heavy atom. The molecule has 33 heavy (non-hydrogen) atoms. The van der Waals surface area contributed by atoms with Crippen molar-refractivity contribution in [1.82, 2.24) is 15.0 Å². The lowest BCUT2D eigenvalue weighted by atomic mass is 9.78. The van der Waals surface area contributed by atoms with Gasteiger partial charge >= 0.3 is 7.48 Å². The zero-order chi connectivity index (χ0) is 23.8. The number of anilines is 1. The molecule has 2 atom stereocenters. The zero-order valence-corrected chi connectivity index (χ0v) is 20.2. The third kappa shape index (κ3) is 5.28. The van der Waals surface area contributed by atoms with E-state index in [9.17, 15) is 4.39 Å². The maximum absolute atomic E-state index is 14.0. The van der Waals surface area contributed by atoms with Gasteiger partial charge in [-0.1, -0.05) is 11.6 Å². The van der Waals surface area contributed by atoms with E-state index in [1.807, 2.05) is 31.7 Å². The van der Waals surface area contributed by atoms with E-state index in [4.69, 9.17) is 37.7 Å². The van der Waals surface area contributed by atoms with Gasteiger partial charge < -0.3 is 24.4 Å². The van der Waals surface area contributed by atoms with Gasteiger partial charge in [-0.3, -0.25) is 0 Å². The Morgan fingerprint density at radius 2 is 2.09 bits per heavy atom. The van der Waals surface area contributed by atoms with Crippen molar-refractivity contribution in [1.29, 1.82) is 0 Å². The van der Waals surface area contributed by atoms with Crippen molar-refractivity contribution in [3.63, 3.8) is 0 Å². The SMILES string of the molecule is CC([OH2+])(C[C@@H]1COCCN1c1cc(Cl)nc(Cl)n1)C(C)(C)O[B]c1cc(F)cc2[nH]ccc12. The van der Waals surface area contributed by atoms with Gasteiger partial charge in [0.1, 0.15) is 22.4 Å². The molecule has 1 saturated heterocycles. The smallest absolute Gasteiger partial charge is 0.331 e. The van der Waals surface area contributed by atoms with Crippen LogP contribution in [0.15, 0.2) is 30.5 Å². The van der Waals surface area contributed by atoms with Gasteiger partial charge in [-0.2, -0.15) is 0 Å². The Bertz CT molecular complexity index is 1120. The summed E-state index contributed by atoms with van der Waals surface area (Å²) in [5.74, 6) is 0.243. The van der Waals surface area contributed by atoms with Crippen LogP contribution in [0.5, 0.6) is 0 Å². The molecule has 0 amide bonds. The van der Waals surface area contributed by atoms with E-state index in [0.717, 1.165) is 5.39 Å². The largest absolute Gasteiger partial charge is 0.439 e. The fourth-order valence-electron chi connectivity index (χ4n) is 3.97. The standard InChI is InChI=1S/C22H25BCl2FN4O3/c1-21(2,33-23-16-8-13(26)9-17-15(16)4-5-27-17)22(3,31)11-14-12-32-7-6-30(14)19-10-18(24)28-20(25)29-19/h4-5,8-10,14,27,31H,6-7,11-12H2,1-3H3/p+1/t14-,22?/m1/s1. The number of fused-ring (bicyclic) bond motifs is 1. The van der Waals surface area contributed by atoms with Crippen molar-refractivity contribution in [2.45, 2.75) is 44.4 Å². The molecule has 0 aliphatic carbocycles. The Labute approximate surface area is 202 Å². The molecule has 11 heteroatoms. The summed E-state index contributed by atoms with van der Waals surface area (Å²) in [6.45, 7) is 7.09. The Morgan fingerprint density at radius 3 is 2.85 bits per heavy atom. The van der Waals surface area contributed by atoms with Crippen LogP contribution in [0.4, 0.5) is 10.2 Å². The molecule has 0 bridgehead atoms. The molecule has 4 rings (SSSR count). The summed E-state index contributed by atoms with van der Waals surface area (Å²) in [6, 6.07) is 6.25. The van der Waals surface area contributed by atoms with Crippen LogP contribution in [-0.4, -0.2) is 64.5 Å². The number of morpholine rings is 1. The van der Waals surface area contributed by atoms with Gasteiger partial charge in [-0.05, 0) is 54.5 Å². The number of benzene rings is 1. The third-order valence-corrected chi connectivity index (χ3v) is 6.66. The monoisotopic (exact) mass is 494 g/mol. The second-order valence-corrected chi connectivity index (χ2v) is 9.68. The molecule has 3 heterocycles. The van der Waals surface area contributed by atoms with Crippen molar-refractivity contribution in [2.24, 2.45) is 0 Å². The molecule has 0 spiro atoms. The second kappa shape index (κ2) is 9.39. The third-order valence-electron chi connectivity index (χ3n) is 6.29. The second-order valence-electron chi connectivity index (χ2n) is 8.96. The first-order chi connectivity index (χ1) is 15.6. The molecule has 1 radical (unpaired) electrons. The summed E-state index contributed by atoms with van der Waals surface area (Å²) in [5.41, 5.74) is -0.624. The molecule has 175 valence electrons. The maximum Gasteiger partial charge on any atom is 0.331 e. The number of ether oxygens (including phenoxy) is 1. The maximum atomic E-state index is 14.0. The number of hydrogen-bond donors (Lipinski definition) is 1. The lowest BCUT2D eigenvalue weighted by Crippen LogP contribution is -2.57. The number of nitrogens with one attached hydrogen (secondary N) is 1. The summed E-state index contributed by atoms with van der Waals surface area (Å²) in [5, 5.41) is 10.3. The van der Waals surface area contributed by atoms with Crippen LogP contribution in [-0.2, 0) is 9.39 Å². The van der Waals surface area contributed by atoms with E-state index in [1.165, 1.54) is 19.6 Å². The van der Waals surface area contributed by atoms with Gasteiger partial charge in [0.25, 0.3) is 0 Å². The van der Waals surface area contributed by atoms with E-state index < -0.39 is 11.2 Å². The molecule has 3 aromatic rings. The Balaban J connectivity index is 1.51. The number of aromatic amines is 1. The number of aromatic nitrogens is 3. The minimum Gasteiger partial charge on any atom is -0.439 e. The van der Waals surface area contributed by atoms with Crippen LogP contribution in [0, 0.1) is 5.82 Å². The van der Waals surface area contributed by atoms with Crippen LogP contribution < -0.4 is 10.4 Å². The molecule has 3 N–H and O–H groups in total. The van der Waals surface area contributed by atoms with Gasteiger partial charge in [0.2, 0.25) is 5.28 Å². The Kier molecular flexibility index (Phi) is 6.89. The van der Waals surface area contributed by atoms with E-state index >= 15 is 0 Å². The van der Waals surface area contributed by atoms with Gasteiger partial charge in [0.05, 0.1) is 19.3 Å². The summed E-state index contributed by atoms with van der Waals surface area (Å²) in [6.07, 6.45) is 2.18. The van der Waals surface area contributed by atoms with Crippen LogP contribution in [0.1, 0.15) is 27.2 Å². The summed E-state index contributed by atoms with van der Waals surface area (Å²) < 4.78 is 25.8. The topological polar surface area (TPSA) is 86.2 Å². The van der Waals surface area contributed by atoms with Crippen molar-refractivity contribution in [3.05, 3.63) is 46.7 Å². The Hall–Kier alpha value is -1.91. The number of rotatable bonds is 7. The van der Waals surface area contributed by atoms with Crippen molar-refractivity contribution < 1.29 is 18.9 Å². The quantitative estimate of drug-likeness (QED) is 0.236. The van der Waals surface area contributed by atoms with E-state index in [0.29, 0.717) is 43.0 Å². The number of hydrogen-bond acceptors (Lipinski definition) is 5. The minimum absolute atomic E-state index is 0.0702. The van der Waals surface area contributed by atoms with E-state index in [1.54, 1.807) is 12.3 Å². The molecule has 1 aromatic carbocycles. The first-order valence-corrected chi connectivity index (χ1v) is 11.4. The molecule has 1 aliphatic heterocycles. The summed E-state index contributed by atoms with van der Waals surface area (Å²) in [7, 11) is 1.53. The van der Waals surface area contributed by atoms with Gasteiger partial charge in [0.15, 0.2) is 5.60 Å². The normalized spacial score (nSPS) is 19.0. The number of nitrogens with zero attached hydrogens (tertiary/aromatic N) is 3.